The van der Waals surface area contributed by atoms with Crippen molar-refractivity contribution in [1.82, 2.24) is 4.98 Å². The monoisotopic (exact) mass is 246 g/mol. The number of hydrogen-bond donors (Lipinski definition) is 0. The Labute approximate surface area is 105 Å². The van der Waals surface area contributed by atoms with E-state index in [0.717, 1.165) is 10.9 Å². The fraction of sp³-hybridized carbons (Fsp3) is 0.308. The zero-order chi connectivity index (χ0) is 13.3. The number of rotatable bonds is 3. The van der Waals surface area contributed by atoms with Gasteiger partial charge in [-0.05, 0) is 12.0 Å². The van der Waals surface area contributed by atoms with E-state index in [1.165, 1.54) is 13.2 Å². The summed E-state index contributed by atoms with van der Waals surface area (Å²) in [4.78, 5) is 14.8. The molecule has 0 bridgehead atoms. The van der Waals surface area contributed by atoms with Crippen LogP contribution in [0.4, 0.5) is 5.69 Å². The minimum atomic E-state index is -0.429. The van der Waals surface area contributed by atoms with Crippen LogP contribution < -0.4 is 4.74 Å². The van der Waals surface area contributed by atoms with Crippen LogP contribution in [0.1, 0.15) is 25.3 Å². The topological polar surface area (TPSA) is 65.3 Å². The quantitative estimate of drug-likeness (QED) is 0.615. The molecule has 18 heavy (non-hydrogen) atoms. The summed E-state index contributed by atoms with van der Waals surface area (Å²) >= 11 is 0. The molecule has 2 rings (SSSR count). The Morgan fingerprint density at radius 2 is 2.17 bits per heavy atom. The summed E-state index contributed by atoms with van der Waals surface area (Å²) in [7, 11) is 1.52. The smallest absolute Gasteiger partial charge is 0.299 e. The molecule has 2 aromatic rings. The van der Waals surface area contributed by atoms with E-state index < -0.39 is 4.92 Å². The summed E-state index contributed by atoms with van der Waals surface area (Å²) in [6.45, 7) is 4.05. The standard InChI is InChI=1S/C13H14N2O3/c1-8(2)12-9-5-4-6-14-13(9)10(15(16)17)7-11(12)18-3/h4-8H,1-3H3. The zero-order valence-electron chi connectivity index (χ0n) is 10.5. The van der Waals surface area contributed by atoms with E-state index in [9.17, 15) is 10.1 Å². The van der Waals surface area contributed by atoms with Crippen molar-refractivity contribution in [3.8, 4) is 5.75 Å². The van der Waals surface area contributed by atoms with Gasteiger partial charge in [0.2, 0.25) is 0 Å². The number of hydrogen-bond acceptors (Lipinski definition) is 4. The third kappa shape index (κ3) is 1.88. The maximum Gasteiger partial charge on any atom is 0.299 e. The van der Waals surface area contributed by atoms with Crippen molar-refractivity contribution in [2.45, 2.75) is 19.8 Å². The lowest BCUT2D eigenvalue weighted by Crippen LogP contribution is -2.00. The Balaban J connectivity index is 2.91. The molecule has 0 aliphatic rings. The molecular formula is C13H14N2O3. The molecule has 0 spiro atoms. The lowest BCUT2D eigenvalue weighted by Gasteiger charge is -2.14. The molecule has 0 saturated carbocycles. The fourth-order valence-electron chi connectivity index (χ4n) is 2.13. The van der Waals surface area contributed by atoms with E-state index in [2.05, 4.69) is 4.98 Å². The number of benzene rings is 1. The molecule has 0 unspecified atom stereocenters. The number of methoxy groups -OCH3 is 1. The molecule has 0 atom stereocenters. The fourth-order valence-corrected chi connectivity index (χ4v) is 2.13. The van der Waals surface area contributed by atoms with Gasteiger partial charge in [0, 0.05) is 17.1 Å². The molecule has 5 nitrogen and oxygen atoms in total. The van der Waals surface area contributed by atoms with Crippen LogP contribution in [0.3, 0.4) is 0 Å². The number of fused-ring (bicyclic) bond motifs is 1. The van der Waals surface area contributed by atoms with Crippen LogP contribution in [0.25, 0.3) is 10.9 Å². The normalized spacial score (nSPS) is 10.9. The lowest BCUT2D eigenvalue weighted by atomic mass is 9.96. The van der Waals surface area contributed by atoms with Crippen molar-refractivity contribution in [3.63, 3.8) is 0 Å². The van der Waals surface area contributed by atoms with Crippen molar-refractivity contribution in [2.24, 2.45) is 0 Å². The summed E-state index contributed by atoms with van der Waals surface area (Å²) in [6.07, 6.45) is 1.56. The maximum absolute atomic E-state index is 11.1. The van der Waals surface area contributed by atoms with Crippen LogP contribution >= 0.6 is 0 Å². The first-order valence-corrected chi connectivity index (χ1v) is 5.66. The minimum Gasteiger partial charge on any atom is -0.496 e. The molecule has 5 heteroatoms. The Bertz CT molecular complexity index is 608. The summed E-state index contributed by atoms with van der Waals surface area (Å²) in [5, 5.41) is 11.9. The first-order valence-electron chi connectivity index (χ1n) is 5.66. The molecule has 1 heterocycles. The Kier molecular flexibility index (Phi) is 3.14. The third-order valence-electron chi connectivity index (χ3n) is 2.87. The summed E-state index contributed by atoms with van der Waals surface area (Å²) in [5.74, 6) is 0.740. The van der Waals surface area contributed by atoms with Gasteiger partial charge < -0.3 is 4.74 Å². The number of non-ortho nitro benzene ring substituents is 1. The van der Waals surface area contributed by atoms with Crippen molar-refractivity contribution >= 4 is 16.6 Å². The van der Waals surface area contributed by atoms with Crippen LogP contribution in [-0.2, 0) is 0 Å². The SMILES string of the molecule is COc1cc([N+](=O)[O-])c2ncccc2c1C(C)C. The number of aromatic nitrogens is 1. The molecule has 0 saturated heterocycles. The second-order valence-corrected chi connectivity index (χ2v) is 4.32. The van der Waals surface area contributed by atoms with Crippen LogP contribution in [0.15, 0.2) is 24.4 Å². The van der Waals surface area contributed by atoms with E-state index in [-0.39, 0.29) is 11.6 Å². The van der Waals surface area contributed by atoms with Gasteiger partial charge >= 0.3 is 0 Å². The predicted molar refractivity (Wildman–Crippen MR) is 69.0 cm³/mol. The number of ether oxygens (including phenoxy) is 1. The molecule has 0 radical (unpaired) electrons. The van der Waals surface area contributed by atoms with Crippen molar-refractivity contribution < 1.29 is 9.66 Å². The molecule has 1 aromatic heterocycles. The van der Waals surface area contributed by atoms with Crippen molar-refractivity contribution in [2.75, 3.05) is 7.11 Å². The van der Waals surface area contributed by atoms with E-state index in [4.69, 9.17) is 4.74 Å². The second kappa shape index (κ2) is 4.60. The largest absolute Gasteiger partial charge is 0.496 e. The number of nitro benzene ring substituents is 1. The first kappa shape index (κ1) is 12.3. The average molecular weight is 246 g/mol. The van der Waals surface area contributed by atoms with Gasteiger partial charge in [-0.15, -0.1) is 0 Å². The van der Waals surface area contributed by atoms with Gasteiger partial charge in [0.15, 0.2) is 0 Å². The van der Waals surface area contributed by atoms with Crippen LogP contribution in [0.2, 0.25) is 0 Å². The van der Waals surface area contributed by atoms with Gasteiger partial charge in [-0.1, -0.05) is 19.9 Å². The van der Waals surface area contributed by atoms with Crippen molar-refractivity contribution in [3.05, 3.63) is 40.1 Å². The highest BCUT2D eigenvalue weighted by molar-refractivity contribution is 5.92. The number of pyridine rings is 1. The highest BCUT2D eigenvalue weighted by Crippen LogP contribution is 2.38. The highest BCUT2D eigenvalue weighted by atomic mass is 16.6. The molecule has 0 aliphatic carbocycles. The van der Waals surface area contributed by atoms with Gasteiger partial charge in [0.25, 0.3) is 5.69 Å². The minimum absolute atomic E-state index is 0.0214. The molecule has 94 valence electrons. The maximum atomic E-state index is 11.1. The van der Waals surface area contributed by atoms with Gasteiger partial charge in [-0.3, -0.25) is 10.1 Å². The Hall–Kier alpha value is -2.17. The van der Waals surface area contributed by atoms with Gasteiger partial charge in [-0.2, -0.15) is 0 Å². The molecule has 0 fully saturated rings. The van der Waals surface area contributed by atoms with Crippen molar-refractivity contribution in [1.29, 1.82) is 0 Å². The Morgan fingerprint density at radius 1 is 1.44 bits per heavy atom. The third-order valence-corrected chi connectivity index (χ3v) is 2.87. The van der Waals surface area contributed by atoms with E-state index >= 15 is 0 Å². The van der Waals surface area contributed by atoms with Crippen LogP contribution in [0.5, 0.6) is 5.75 Å². The molecule has 0 N–H and O–H groups in total. The van der Waals surface area contributed by atoms with Crippen LogP contribution in [0, 0.1) is 10.1 Å². The summed E-state index contributed by atoms with van der Waals surface area (Å²) in [6, 6.07) is 5.06. The highest BCUT2D eigenvalue weighted by Gasteiger charge is 2.21. The molecule has 0 amide bonds. The first-order chi connectivity index (χ1) is 8.56. The molecular weight excluding hydrogens is 232 g/mol. The second-order valence-electron chi connectivity index (χ2n) is 4.32. The van der Waals surface area contributed by atoms with E-state index in [0.29, 0.717) is 11.3 Å². The van der Waals surface area contributed by atoms with Gasteiger partial charge in [0.1, 0.15) is 11.3 Å². The lowest BCUT2D eigenvalue weighted by molar-refractivity contribution is -0.383. The summed E-state index contributed by atoms with van der Waals surface area (Å²) < 4.78 is 5.27. The number of nitro groups is 1. The van der Waals surface area contributed by atoms with Gasteiger partial charge in [0.05, 0.1) is 18.1 Å². The summed E-state index contributed by atoms with van der Waals surface area (Å²) in [5.41, 5.74) is 1.34. The predicted octanol–water partition coefficient (Wildman–Crippen LogP) is 3.28. The van der Waals surface area contributed by atoms with E-state index in [1.54, 1.807) is 12.3 Å². The van der Waals surface area contributed by atoms with Gasteiger partial charge in [-0.25, -0.2) is 4.98 Å². The van der Waals surface area contributed by atoms with Crippen LogP contribution in [-0.4, -0.2) is 17.0 Å². The Morgan fingerprint density at radius 3 is 2.72 bits per heavy atom. The van der Waals surface area contributed by atoms with E-state index in [1.807, 2.05) is 19.9 Å². The zero-order valence-corrected chi connectivity index (χ0v) is 10.5. The average Bonchev–Trinajstić information content (AvgIpc) is 2.35. The molecule has 1 aromatic carbocycles. The number of nitrogens with zero attached hydrogens (tertiary/aromatic N) is 2. The molecule has 0 aliphatic heterocycles.